The maximum Gasteiger partial charge on any atom is 0.222 e. The van der Waals surface area contributed by atoms with E-state index in [-0.39, 0.29) is 11.3 Å². The predicted octanol–water partition coefficient (Wildman–Crippen LogP) is 2.24. The molecule has 20 heavy (non-hydrogen) atoms. The number of carbonyl (C=O) groups is 1. The van der Waals surface area contributed by atoms with E-state index in [1.807, 2.05) is 23.1 Å². The first-order valence-corrected chi connectivity index (χ1v) is 7.36. The summed E-state index contributed by atoms with van der Waals surface area (Å²) in [4.78, 5) is 18.6. The Morgan fingerprint density at radius 1 is 1.40 bits per heavy atom. The van der Waals surface area contributed by atoms with Crippen LogP contribution in [-0.2, 0) is 11.2 Å². The zero-order valence-electron chi connectivity index (χ0n) is 12.9. The van der Waals surface area contributed by atoms with Crippen LogP contribution in [0, 0.1) is 5.41 Å². The Labute approximate surface area is 122 Å². The second kappa shape index (κ2) is 8.00. The summed E-state index contributed by atoms with van der Waals surface area (Å²) in [6.45, 7) is 8.39. The van der Waals surface area contributed by atoms with E-state index in [1.165, 1.54) is 0 Å². The Morgan fingerprint density at radius 3 is 2.70 bits per heavy atom. The molecule has 0 aliphatic carbocycles. The van der Waals surface area contributed by atoms with Crippen LogP contribution in [0.3, 0.4) is 0 Å². The average Bonchev–Trinajstić information content (AvgIpc) is 2.45. The third-order valence-electron chi connectivity index (χ3n) is 3.34. The fourth-order valence-corrected chi connectivity index (χ4v) is 2.08. The lowest BCUT2D eigenvalue weighted by molar-refractivity contribution is -0.132. The summed E-state index contributed by atoms with van der Waals surface area (Å²) < 4.78 is 0. The number of hydrogen-bond donors (Lipinski definition) is 1. The van der Waals surface area contributed by atoms with E-state index >= 15 is 0 Å². The van der Waals surface area contributed by atoms with Gasteiger partial charge in [-0.1, -0.05) is 26.8 Å². The number of amides is 1. The minimum absolute atomic E-state index is 0.0319. The Morgan fingerprint density at radius 2 is 2.15 bits per heavy atom. The van der Waals surface area contributed by atoms with Gasteiger partial charge in [0.25, 0.3) is 0 Å². The SMILES string of the molecule is CCCN(CC(C)(C)CN)C(=O)CCc1ccccn1. The molecule has 0 aliphatic rings. The fourth-order valence-electron chi connectivity index (χ4n) is 2.08. The maximum atomic E-state index is 12.4. The summed E-state index contributed by atoms with van der Waals surface area (Å²) in [7, 11) is 0. The topological polar surface area (TPSA) is 59.2 Å². The van der Waals surface area contributed by atoms with Gasteiger partial charge in [-0.15, -0.1) is 0 Å². The summed E-state index contributed by atoms with van der Waals surface area (Å²) in [5.41, 5.74) is 6.70. The van der Waals surface area contributed by atoms with Gasteiger partial charge in [-0.05, 0) is 36.9 Å². The zero-order valence-corrected chi connectivity index (χ0v) is 12.9. The number of hydrogen-bond acceptors (Lipinski definition) is 3. The van der Waals surface area contributed by atoms with Crippen LogP contribution in [0.5, 0.6) is 0 Å². The number of aryl methyl sites for hydroxylation is 1. The van der Waals surface area contributed by atoms with Crippen molar-refractivity contribution in [2.75, 3.05) is 19.6 Å². The van der Waals surface area contributed by atoms with Crippen molar-refractivity contribution in [1.82, 2.24) is 9.88 Å². The average molecular weight is 277 g/mol. The van der Waals surface area contributed by atoms with Gasteiger partial charge in [0, 0.05) is 31.4 Å². The van der Waals surface area contributed by atoms with Crippen LogP contribution in [0.2, 0.25) is 0 Å². The number of nitrogens with two attached hydrogens (primary N) is 1. The normalized spacial score (nSPS) is 11.4. The highest BCUT2D eigenvalue weighted by molar-refractivity contribution is 5.76. The second-order valence-electron chi connectivity index (χ2n) is 6.00. The molecule has 4 heteroatoms. The van der Waals surface area contributed by atoms with Gasteiger partial charge < -0.3 is 10.6 Å². The van der Waals surface area contributed by atoms with Crippen molar-refractivity contribution < 1.29 is 4.79 Å². The maximum absolute atomic E-state index is 12.4. The first-order chi connectivity index (χ1) is 9.48. The Balaban J connectivity index is 2.56. The highest BCUT2D eigenvalue weighted by atomic mass is 16.2. The summed E-state index contributed by atoms with van der Waals surface area (Å²) in [5.74, 6) is 0.194. The summed E-state index contributed by atoms with van der Waals surface area (Å²) in [5, 5.41) is 0. The van der Waals surface area contributed by atoms with E-state index in [0.717, 1.165) is 25.2 Å². The highest BCUT2D eigenvalue weighted by Crippen LogP contribution is 2.16. The van der Waals surface area contributed by atoms with E-state index in [2.05, 4.69) is 25.8 Å². The van der Waals surface area contributed by atoms with Crippen molar-refractivity contribution in [2.45, 2.75) is 40.0 Å². The molecule has 0 fully saturated rings. The number of aromatic nitrogens is 1. The molecule has 1 aromatic rings. The van der Waals surface area contributed by atoms with Crippen LogP contribution >= 0.6 is 0 Å². The molecule has 0 bridgehead atoms. The number of pyridine rings is 1. The molecule has 0 saturated heterocycles. The van der Waals surface area contributed by atoms with Crippen molar-refractivity contribution in [3.8, 4) is 0 Å². The largest absolute Gasteiger partial charge is 0.342 e. The van der Waals surface area contributed by atoms with Crippen molar-refractivity contribution in [3.05, 3.63) is 30.1 Å². The van der Waals surface area contributed by atoms with Crippen LogP contribution in [0.1, 0.15) is 39.3 Å². The van der Waals surface area contributed by atoms with Crippen LogP contribution in [-0.4, -0.2) is 35.4 Å². The lowest BCUT2D eigenvalue weighted by Gasteiger charge is -2.31. The van der Waals surface area contributed by atoms with Gasteiger partial charge in [-0.3, -0.25) is 9.78 Å². The molecule has 112 valence electrons. The molecule has 0 atom stereocenters. The Hall–Kier alpha value is -1.42. The monoisotopic (exact) mass is 277 g/mol. The van der Waals surface area contributed by atoms with Crippen molar-refractivity contribution >= 4 is 5.91 Å². The number of carbonyl (C=O) groups excluding carboxylic acids is 1. The summed E-state index contributed by atoms with van der Waals surface area (Å²) in [6, 6.07) is 5.80. The van der Waals surface area contributed by atoms with Crippen LogP contribution in [0.15, 0.2) is 24.4 Å². The summed E-state index contributed by atoms with van der Waals surface area (Å²) in [6.07, 6.45) is 3.94. The van der Waals surface area contributed by atoms with E-state index in [9.17, 15) is 4.79 Å². The quantitative estimate of drug-likeness (QED) is 0.792. The molecular weight excluding hydrogens is 250 g/mol. The summed E-state index contributed by atoms with van der Waals surface area (Å²) >= 11 is 0. The molecular formula is C16H27N3O. The van der Waals surface area contributed by atoms with Crippen molar-refractivity contribution in [1.29, 1.82) is 0 Å². The van der Waals surface area contributed by atoms with Crippen molar-refractivity contribution in [3.63, 3.8) is 0 Å². The van der Waals surface area contributed by atoms with Gasteiger partial charge in [0.1, 0.15) is 0 Å². The Bertz CT molecular complexity index is 403. The molecule has 0 aromatic carbocycles. The number of nitrogens with zero attached hydrogens (tertiary/aromatic N) is 2. The molecule has 1 amide bonds. The predicted molar refractivity (Wildman–Crippen MR) is 82.3 cm³/mol. The zero-order chi connectivity index (χ0) is 15.0. The number of rotatable bonds is 8. The van der Waals surface area contributed by atoms with Gasteiger partial charge in [0.05, 0.1) is 0 Å². The molecule has 0 saturated carbocycles. The molecule has 0 spiro atoms. The van der Waals surface area contributed by atoms with Crippen LogP contribution in [0.25, 0.3) is 0 Å². The van der Waals surface area contributed by atoms with Crippen LogP contribution in [0.4, 0.5) is 0 Å². The molecule has 1 heterocycles. The molecule has 1 aromatic heterocycles. The van der Waals surface area contributed by atoms with Gasteiger partial charge in [0.15, 0.2) is 0 Å². The minimum atomic E-state index is -0.0319. The molecule has 2 N–H and O–H groups in total. The first kappa shape index (κ1) is 16.6. The first-order valence-electron chi connectivity index (χ1n) is 7.36. The Kier molecular flexibility index (Phi) is 6.65. The van der Waals surface area contributed by atoms with Gasteiger partial charge in [0.2, 0.25) is 5.91 Å². The van der Waals surface area contributed by atoms with Crippen LogP contribution < -0.4 is 5.73 Å². The molecule has 0 unspecified atom stereocenters. The fraction of sp³-hybridized carbons (Fsp3) is 0.625. The lowest BCUT2D eigenvalue weighted by atomic mass is 9.93. The molecule has 4 nitrogen and oxygen atoms in total. The van der Waals surface area contributed by atoms with Gasteiger partial charge in [-0.25, -0.2) is 0 Å². The van der Waals surface area contributed by atoms with E-state index < -0.39 is 0 Å². The lowest BCUT2D eigenvalue weighted by Crippen LogP contribution is -2.42. The molecule has 1 rings (SSSR count). The van der Waals surface area contributed by atoms with E-state index in [0.29, 0.717) is 19.4 Å². The third-order valence-corrected chi connectivity index (χ3v) is 3.34. The van der Waals surface area contributed by atoms with Gasteiger partial charge >= 0.3 is 0 Å². The standard InChI is InChI=1S/C16H27N3O/c1-4-11-19(13-16(2,3)12-17)15(20)9-8-14-7-5-6-10-18-14/h5-7,10H,4,8-9,11-13,17H2,1-3H3. The second-order valence-corrected chi connectivity index (χ2v) is 6.00. The molecule has 0 aliphatic heterocycles. The third kappa shape index (κ3) is 5.70. The smallest absolute Gasteiger partial charge is 0.222 e. The van der Waals surface area contributed by atoms with Crippen molar-refractivity contribution in [2.24, 2.45) is 11.1 Å². The highest BCUT2D eigenvalue weighted by Gasteiger charge is 2.23. The van der Waals surface area contributed by atoms with Gasteiger partial charge in [-0.2, -0.15) is 0 Å². The molecule has 0 radical (unpaired) electrons. The van der Waals surface area contributed by atoms with E-state index in [4.69, 9.17) is 5.73 Å². The van der Waals surface area contributed by atoms with E-state index in [1.54, 1.807) is 6.20 Å². The minimum Gasteiger partial charge on any atom is -0.342 e.